The van der Waals surface area contributed by atoms with Gasteiger partial charge >= 0.3 is 0 Å². The maximum absolute atomic E-state index is 5.50. The van der Waals surface area contributed by atoms with Gasteiger partial charge in [-0.3, -0.25) is 0 Å². The fraction of sp³-hybridized carbons (Fsp3) is 0.294. The summed E-state index contributed by atoms with van der Waals surface area (Å²) in [5.74, 6) is 2.38. The third kappa shape index (κ3) is 2.95. The fourth-order valence-electron chi connectivity index (χ4n) is 2.52. The third-order valence-electron chi connectivity index (χ3n) is 3.49. The number of ether oxygens (including phenoxy) is 3. The minimum atomic E-state index is -0.0905. The molecule has 0 spiro atoms. The first-order valence-electron chi connectivity index (χ1n) is 6.77. The molecular weight excluding hydrogens is 266 g/mol. The molecule has 0 radical (unpaired) electrons. The summed E-state index contributed by atoms with van der Waals surface area (Å²) in [6.45, 7) is 0. The first kappa shape index (κ1) is 15.2. The molecule has 0 saturated heterocycles. The fourth-order valence-corrected chi connectivity index (χ4v) is 2.52. The molecule has 0 saturated carbocycles. The first-order valence-corrected chi connectivity index (χ1v) is 6.77. The summed E-state index contributed by atoms with van der Waals surface area (Å²) in [5, 5.41) is 3.32. The van der Waals surface area contributed by atoms with Gasteiger partial charge in [0.15, 0.2) is 0 Å². The van der Waals surface area contributed by atoms with E-state index in [2.05, 4.69) is 5.32 Å². The van der Waals surface area contributed by atoms with Crippen molar-refractivity contribution in [1.82, 2.24) is 5.32 Å². The molecule has 2 aromatic carbocycles. The molecule has 0 fully saturated rings. The number of para-hydroxylation sites is 1. The van der Waals surface area contributed by atoms with Gasteiger partial charge in [0.05, 0.1) is 32.9 Å². The molecule has 1 N–H and O–H groups in total. The Hall–Kier alpha value is -2.20. The normalized spacial score (nSPS) is 11.8. The summed E-state index contributed by atoms with van der Waals surface area (Å²) < 4.78 is 16.5. The highest BCUT2D eigenvalue weighted by Gasteiger charge is 2.23. The van der Waals surface area contributed by atoms with Crippen molar-refractivity contribution >= 4 is 0 Å². The Labute approximate surface area is 125 Å². The predicted octanol–water partition coefficient (Wildman–Crippen LogP) is 3.02. The molecule has 2 rings (SSSR count). The molecule has 0 aliphatic rings. The van der Waals surface area contributed by atoms with Gasteiger partial charge in [-0.1, -0.05) is 24.3 Å². The van der Waals surface area contributed by atoms with E-state index in [0.29, 0.717) is 0 Å². The monoisotopic (exact) mass is 287 g/mol. The Bertz CT molecular complexity index is 576. The molecule has 0 aliphatic heterocycles. The van der Waals surface area contributed by atoms with E-state index in [1.165, 1.54) is 0 Å². The lowest BCUT2D eigenvalue weighted by Gasteiger charge is -2.23. The van der Waals surface area contributed by atoms with E-state index in [-0.39, 0.29) is 6.04 Å². The summed E-state index contributed by atoms with van der Waals surface area (Å²) in [4.78, 5) is 0. The minimum absolute atomic E-state index is 0.0905. The minimum Gasteiger partial charge on any atom is -0.496 e. The van der Waals surface area contributed by atoms with E-state index in [9.17, 15) is 0 Å². The molecule has 1 atom stereocenters. The van der Waals surface area contributed by atoms with Crippen LogP contribution in [0, 0.1) is 0 Å². The van der Waals surface area contributed by atoms with E-state index in [0.717, 1.165) is 28.4 Å². The van der Waals surface area contributed by atoms with Crippen LogP contribution < -0.4 is 19.5 Å². The second kappa shape index (κ2) is 6.99. The van der Waals surface area contributed by atoms with Gasteiger partial charge in [-0.2, -0.15) is 0 Å². The van der Waals surface area contributed by atoms with Crippen molar-refractivity contribution in [2.45, 2.75) is 6.04 Å². The number of rotatable bonds is 6. The molecule has 0 aliphatic carbocycles. The van der Waals surface area contributed by atoms with Gasteiger partial charge in [0, 0.05) is 5.56 Å². The van der Waals surface area contributed by atoms with E-state index in [1.54, 1.807) is 21.3 Å². The van der Waals surface area contributed by atoms with E-state index in [4.69, 9.17) is 14.2 Å². The second-order valence-electron chi connectivity index (χ2n) is 4.54. The zero-order chi connectivity index (χ0) is 15.2. The van der Waals surface area contributed by atoms with Crippen molar-refractivity contribution in [3.8, 4) is 17.2 Å². The van der Waals surface area contributed by atoms with Crippen molar-refractivity contribution in [1.29, 1.82) is 0 Å². The Morgan fingerprint density at radius 2 is 1.29 bits per heavy atom. The van der Waals surface area contributed by atoms with Crippen LogP contribution in [-0.4, -0.2) is 28.4 Å². The van der Waals surface area contributed by atoms with Crippen molar-refractivity contribution in [3.63, 3.8) is 0 Å². The van der Waals surface area contributed by atoms with Crippen molar-refractivity contribution in [2.75, 3.05) is 28.4 Å². The standard InChI is InChI=1S/C17H21NO3/c1-18-17(12-8-5-6-9-13(12)19-2)16-14(20-3)10-7-11-15(16)21-4/h5-11,17-18H,1-4H3. The van der Waals surface area contributed by atoms with Gasteiger partial charge in [-0.15, -0.1) is 0 Å². The quantitative estimate of drug-likeness (QED) is 0.886. The summed E-state index contributed by atoms with van der Waals surface area (Å²) >= 11 is 0. The number of methoxy groups -OCH3 is 3. The third-order valence-corrected chi connectivity index (χ3v) is 3.49. The topological polar surface area (TPSA) is 39.7 Å². The summed E-state index contributed by atoms with van der Waals surface area (Å²) in [6, 6.07) is 13.6. The Morgan fingerprint density at radius 3 is 1.81 bits per heavy atom. The van der Waals surface area contributed by atoms with Crippen LogP contribution in [0.15, 0.2) is 42.5 Å². The molecule has 0 heterocycles. The van der Waals surface area contributed by atoms with E-state index in [1.807, 2.05) is 49.5 Å². The van der Waals surface area contributed by atoms with Crippen LogP contribution in [0.5, 0.6) is 17.2 Å². The SMILES string of the molecule is CNC(c1ccccc1OC)c1c(OC)cccc1OC. The molecule has 2 aromatic rings. The number of benzene rings is 2. The van der Waals surface area contributed by atoms with Crippen LogP contribution in [0.3, 0.4) is 0 Å². The smallest absolute Gasteiger partial charge is 0.127 e. The lowest BCUT2D eigenvalue weighted by atomic mass is 9.96. The average molecular weight is 287 g/mol. The maximum atomic E-state index is 5.50. The van der Waals surface area contributed by atoms with Gasteiger partial charge in [0.2, 0.25) is 0 Å². The zero-order valence-corrected chi connectivity index (χ0v) is 12.8. The Morgan fingerprint density at radius 1 is 0.762 bits per heavy atom. The number of hydrogen-bond donors (Lipinski definition) is 1. The van der Waals surface area contributed by atoms with Crippen molar-refractivity contribution in [3.05, 3.63) is 53.6 Å². The van der Waals surface area contributed by atoms with Crippen LogP contribution >= 0.6 is 0 Å². The Kier molecular flexibility index (Phi) is 5.06. The van der Waals surface area contributed by atoms with Gasteiger partial charge in [-0.25, -0.2) is 0 Å². The largest absolute Gasteiger partial charge is 0.496 e. The van der Waals surface area contributed by atoms with Crippen molar-refractivity contribution in [2.24, 2.45) is 0 Å². The van der Waals surface area contributed by atoms with Gasteiger partial charge in [-0.05, 0) is 25.2 Å². The van der Waals surface area contributed by atoms with E-state index >= 15 is 0 Å². The predicted molar refractivity (Wildman–Crippen MR) is 83.4 cm³/mol. The number of nitrogens with one attached hydrogen (secondary N) is 1. The molecule has 4 heteroatoms. The van der Waals surface area contributed by atoms with Crippen LogP contribution in [-0.2, 0) is 0 Å². The molecule has 0 aromatic heterocycles. The zero-order valence-electron chi connectivity index (χ0n) is 12.8. The summed E-state index contributed by atoms with van der Waals surface area (Å²) in [6.07, 6.45) is 0. The highest BCUT2D eigenvalue weighted by atomic mass is 16.5. The van der Waals surface area contributed by atoms with Gasteiger partial charge in [0.1, 0.15) is 17.2 Å². The highest BCUT2D eigenvalue weighted by molar-refractivity contribution is 5.53. The van der Waals surface area contributed by atoms with E-state index < -0.39 is 0 Å². The molecule has 4 nitrogen and oxygen atoms in total. The second-order valence-corrected chi connectivity index (χ2v) is 4.54. The van der Waals surface area contributed by atoms with Gasteiger partial charge in [0.25, 0.3) is 0 Å². The van der Waals surface area contributed by atoms with Crippen LogP contribution in [0.2, 0.25) is 0 Å². The van der Waals surface area contributed by atoms with Crippen LogP contribution in [0.1, 0.15) is 17.2 Å². The summed E-state index contributed by atoms with van der Waals surface area (Å²) in [5.41, 5.74) is 1.99. The lowest BCUT2D eigenvalue weighted by molar-refractivity contribution is 0.374. The van der Waals surface area contributed by atoms with Crippen LogP contribution in [0.25, 0.3) is 0 Å². The molecule has 0 amide bonds. The Balaban J connectivity index is 2.61. The highest BCUT2D eigenvalue weighted by Crippen LogP contribution is 2.39. The first-order chi connectivity index (χ1) is 10.3. The molecule has 21 heavy (non-hydrogen) atoms. The molecule has 0 bridgehead atoms. The molecule has 112 valence electrons. The lowest BCUT2D eigenvalue weighted by Crippen LogP contribution is -2.20. The number of hydrogen-bond acceptors (Lipinski definition) is 4. The average Bonchev–Trinajstić information content (AvgIpc) is 2.56. The molecular formula is C17H21NO3. The molecule has 1 unspecified atom stereocenters. The summed E-state index contributed by atoms with van der Waals surface area (Å²) in [7, 11) is 6.90. The van der Waals surface area contributed by atoms with Crippen molar-refractivity contribution < 1.29 is 14.2 Å². The van der Waals surface area contributed by atoms with Gasteiger partial charge < -0.3 is 19.5 Å². The van der Waals surface area contributed by atoms with Crippen LogP contribution in [0.4, 0.5) is 0 Å². The maximum Gasteiger partial charge on any atom is 0.127 e.